The number of hydrogen-bond donors (Lipinski definition) is 0. The maximum atomic E-state index is 13.7. The molecule has 0 spiro atoms. The summed E-state index contributed by atoms with van der Waals surface area (Å²) in [5.41, 5.74) is 3.80. The number of rotatable bonds is 8. The SMILES string of the molecule is COCCN(CC(=O)N1CCc2sccc2C1c1ccc(C)cc1)C(=O)c1ccc(C)c([N+](=O)[O-])c1. The van der Waals surface area contributed by atoms with Gasteiger partial charge in [-0.1, -0.05) is 35.9 Å². The van der Waals surface area contributed by atoms with E-state index in [1.807, 2.05) is 36.1 Å². The molecule has 9 heteroatoms. The number of carbonyl (C=O) groups excluding carboxylic acids is 2. The molecule has 2 aromatic carbocycles. The zero-order valence-electron chi connectivity index (χ0n) is 20.6. The van der Waals surface area contributed by atoms with Crippen molar-refractivity contribution in [3.05, 3.63) is 96.7 Å². The van der Waals surface area contributed by atoms with Gasteiger partial charge in [-0.05, 0) is 48.9 Å². The van der Waals surface area contributed by atoms with Crippen molar-refractivity contribution in [2.24, 2.45) is 0 Å². The molecule has 0 N–H and O–H groups in total. The molecular weight excluding hydrogens is 478 g/mol. The number of amides is 2. The Balaban J connectivity index is 1.62. The summed E-state index contributed by atoms with van der Waals surface area (Å²) in [5.74, 6) is -0.618. The van der Waals surface area contributed by atoms with E-state index in [0.717, 1.165) is 23.1 Å². The van der Waals surface area contributed by atoms with E-state index >= 15 is 0 Å². The molecule has 0 fully saturated rings. The molecule has 0 bridgehead atoms. The number of hydrogen-bond acceptors (Lipinski definition) is 6. The fraction of sp³-hybridized carbons (Fsp3) is 0.333. The molecule has 1 aromatic heterocycles. The van der Waals surface area contributed by atoms with E-state index in [0.29, 0.717) is 12.1 Å². The summed E-state index contributed by atoms with van der Waals surface area (Å²) in [6.07, 6.45) is 0.761. The zero-order valence-corrected chi connectivity index (χ0v) is 21.4. The molecule has 1 atom stereocenters. The van der Waals surface area contributed by atoms with Crippen molar-refractivity contribution in [1.82, 2.24) is 9.80 Å². The van der Waals surface area contributed by atoms with E-state index in [1.165, 1.54) is 23.0 Å². The van der Waals surface area contributed by atoms with E-state index in [-0.39, 0.29) is 42.9 Å². The van der Waals surface area contributed by atoms with Crippen LogP contribution < -0.4 is 0 Å². The molecule has 8 nitrogen and oxygen atoms in total. The summed E-state index contributed by atoms with van der Waals surface area (Å²) in [5, 5.41) is 13.4. The minimum atomic E-state index is -0.505. The van der Waals surface area contributed by atoms with Crippen LogP contribution in [0.1, 0.15) is 43.5 Å². The maximum Gasteiger partial charge on any atom is 0.273 e. The van der Waals surface area contributed by atoms with E-state index in [4.69, 9.17) is 4.74 Å². The molecule has 3 aromatic rings. The van der Waals surface area contributed by atoms with E-state index in [1.54, 1.807) is 30.4 Å². The molecule has 0 saturated carbocycles. The maximum absolute atomic E-state index is 13.7. The molecular formula is C27H29N3O5S. The van der Waals surface area contributed by atoms with Crippen molar-refractivity contribution < 1.29 is 19.2 Å². The highest BCUT2D eigenvalue weighted by Crippen LogP contribution is 2.38. The number of methoxy groups -OCH3 is 1. The fourth-order valence-corrected chi connectivity index (χ4v) is 5.43. The van der Waals surface area contributed by atoms with Gasteiger partial charge < -0.3 is 14.5 Å². The minimum absolute atomic E-state index is 0.126. The molecule has 2 heterocycles. The van der Waals surface area contributed by atoms with Crippen LogP contribution in [0, 0.1) is 24.0 Å². The highest BCUT2D eigenvalue weighted by molar-refractivity contribution is 7.10. The van der Waals surface area contributed by atoms with Crippen LogP contribution in [0.4, 0.5) is 5.69 Å². The van der Waals surface area contributed by atoms with Gasteiger partial charge in [0.25, 0.3) is 11.6 Å². The molecule has 4 rings (SSSR count). The lowest BCUT2D eigenvalue weighted by atomic mass is 9.92. The first-order chi connectivity index (χ1) is 17.3. The van der Waals surface area contributed by atoms with Gasteiger partial charge in [-0.3, -0.25) is 19.7 Å². The van der Waals surface area contributed by atoms with Crippen molar-refractivity contribution >= 4 is 28.8 Å². The lowest BCUT2D eigenvalue weighted by molar-refractivity contribution is -0.385. The first-order valence-corrected chi connectivity index (χ1v) is 12.6. The molecule has 1 aliphatic rings. The van der Waals surface area contributed by atoms with Gasteiger partial charge in [-0.15, -0.1) is 11.3 Å². The molecule has 0 aliphatic carbocycles. The molecule has 2 amide bonds. The van der Waals surface area contributed by atoms with Gasteiger partial charge in [0.1, 0.15) is 6.54 Å². The number of benzene rings is 2. The Morgan fingerprint density at radius 3 is 2.61 bits per heavy atom. The Kier molecular flexibility index (Phi) is 7.81. The number of thiophene rings is 1. The summed E-state index contributed by atoms with van der Waals surface area (Å²) in [7, 11) is 1.53. The molecule has 36 heavy (non-hydrogen) atoms. The first-order valence-electron chi connectivity index (χ1n) is 11.8. The first kappa shape index (κ1) is 25.5. The van der Waals surface area contributed by atoms with Crippen LogP contribution in [0.15, 0.2) is 53.9 Å². The Morgan fingerprint density at radius 1 is 1.17 bits per heavy atom. The summed E-state index contributed by atoms with van der Waals surface area (Å²) in [6, 6.07) is 14.4. The van der Waals surface area contributed by atoms with Gasteiger partial charge in [0.2, 0.25) is 5.91 Å². The predicted octanol–water partition coefficient (Wildman–Crippen LogP) is 4.54. The van der Waals surface area contributed by atoms with Crippen LogP contribution in [0.5, 0.6) is 0 Å². The van der Waals surface area contributed by atoms with E-state index in [2.05, 4.69) is 11.4 Å². The average Bonchev–Trinajstić information content (AvgIpc) is 3.35. The van der Waals surface area contributed by atoms with Crippen molar-refractivity contribution in [2.45, 2.75) is 26.3 Å². The molecule has 1 unspecified atom stereocenters. The van der Waals surface area contributed by atoms with Crippen LogP contribution in [0.2, 0.25) is 0 Å². The number of nitrogens with zero attached hydrogens (tertiary/aromatic N) is 3. The van der Waals surface area contributed by atoms with Crippen molar-refractivity contribution in [3.8, 4) is 0 Å². The van der Waals surface area contributed by atoms with Crippen LogP contribution >= 0.6 is 11.3 Å². The van der Waals surface area contributed by atoms with Crippen LogP contribution in [0.25, 0.3) is 0 Å². The van der Waals surface area contributed by atoms with Gasteiger partial charge in [0, 0.05) is 42.3 Å². The number of carbonyl (C=O) groups is 2. The van der Waals surface area contributed by atoms with Gasteiger partial charge in [0.05, 0.1) is 17.6 Å². The van der Waals surface area contributed by atoms with Crippen molar-refractivity contribution in [1.29, 1.82) is 0 Å². The second-order valence-corrected chi connectivity index (χ2v) is 9.93. The number of aryl methyl sites for hydroxylation is 2. The smallest absolute Gasteiger partial charge is 0.273 e. The van der Waals surface area contributed by atoms with Crippen molar-refractivity contribution in [3.63, 3.8) is 0 Å². The fourth-order valence-electron chi connectivity index (χ4n) is 4.52. The summed E-state index contributed by atoms with van der Waals surface area (Å²) in [4.78, 5) is 42.5. The Morgan fingerprint density at radius 2 is 1.92 bits per heavy atom. The second-order valence-electron chi connectivity index (χ2n) is 8.93. The highest BCUT2D eigenvalue weighted by atomic mass is 32.1. The van der Waals surface area contributed by atoms with E-state index in [9.17, 15) is 19.7 Å². The molecule has 0 saturated heterocycles. The topological polar surface area (TPSA) is 93.0 Å². The van der Waals surface area contributed by atoms with Crippen LogP contribution in [-0.2, 0) is 16.0 Å². The molecule has 1 aliphatic heterocycles. The Labute approximate surface area is 214 Å². The quantitative estimate of drug-likeness (QED) is 0.330. The normalized spacial score (nSPS) is 14.9. The van der Waals surface area contributed by atoms with Gasteiger partial charge >= 0.3 is 0 Å². The van der Waals surface area contributed by atoms with Gasteiger partial charge in [0.15, 0.2) is 0 Å². The molecule has 188 valence electrons. The summed E-state index contributed by atoms with van der Waals surface area (Å²) in [6.45, 7) is 4.48. The number of nitro groups is 1. The van der Waals surface area contributed by atoms with Gasteiger partial charge in [-0.25, -0.2) is 0 Å². The third kappa shape index (κ3) is 5.32. The second kappa shape index (κ2) is 11.0. The number of fused-ring (bicyclic) bond motifs is 1. The largest absolute Gasteiger partial charge is 0.383 e. The lowest BCUT2D eigenvalue weighted by Gasteiger charge is -2.37. The highest BCUT2D eigenvalue weighted by Gasteiger charge is 2.34. The zero-order chi connectivity index (χ0) is 25.8. The third-order valence-electron chi connectivity index (χ3n) is 6.51. The Hall–Kier alpha value is -3.56. The summed E-state index contributed by atoms with van der Waals surface area (Å²) < 4.78 is 5.18. The van der Waals surface area contributed by atoms with E-state index < -0.39 is 10.8 Å². The number of ether oxygens (including phenoxy) is 1. The van der Waals surface area contributed by atoms with Gasteiger partial charge in [-0.2, -0.15) is 0 Å². The monoisotopic (exact) mass is 507 g/mol. The molecule has 0 radical (unpaired) electrons. The predicted molar refractivity (Wildman–Crippen MR) is 138 cm³/mol. The third-order valence-corrected chi connectivity index (χ3v) is 7.51. The summed E-state index contributed by atoms with van der Waals surface area (Å²) >= 11 is 1.70. The van der Waals surface area contributed by atoms with Crippen LogP contribution in [-0.4, -0.2) is 59.9 Å². The average molecular weight is 508 g/mol. The Bertz CT molecular complexity index is 1270. The standard InChI is InChI=1S/C27H29N3O5S/c1-18-4-7-20(8-5-18)26-22-11-15-36-24(22)10-12-29(26)25(31)17-28(13-14-35-3)27(32)21-9-6-19(2)23(16-21)30(33)34/h4-9,11,15-16,26H,10,12-14,17H2,1-3H3. The van der Waals surface area contributed by atoms with Crippen LogP contribution in [0.3, 0.4) is 0 Å². The van der Waals surface area contributed by atoms with Crippen molar-refractivity contribution in [2.75, 3.05) is 33.4 Å². The minimum Gasteiger partial charge on any atom is -0.383 e. The number of nitro benzene ring substituents is 1. The lowest BCUT2D eigenvalue weighted by Crippen LogP contribution is -2.47.